The van der Waals surface area contributed by atoms with Crippen molar-refractivity contribution in [2.75, 3.05) is 31.5 Å². The third kappa shape index (κ3) is 5.51. The van der Waals surface area contributed by atoms with Gasteiger partial charge in [0.15, 0.2) is 11.7 Å². The van der Waals surface area contributed by atoms with Crippen molar-refractivity contribution in [3.05, 3.63) is 72.5 Å². The minimum absolute atomic E-state index is 0.0680. The molecule has 1 aliphatic rings. The molecule has 1 saturated heterocycles. The minimum atomic E-state index is -0.352. The van der Waals surface area contributed by atoms with Gasteiger partial charge in [0, 0.05) is 50.3 Å². The predicted molar refractivity (Wildman–Crippen MR) is 118 cm³/mol. The lowest BCUT2D eigenvalue weighted by molar-refractivity contribution is -0.132. The van der Waals surface area contributed by atoms with Crippen LogP contribution in [0.2, 0.25) is 0 Å². The summed E-state index contributed by atoms with van der Waals surface area (Å²) in [7, 11) is 0. The number of anilines is 1. The topological polar surface area (TPSA) is 78.7 Å². The average Bonchev–Trinajstić information content (AvgIpc) is 3.30. The number of nitrogens with one attached hydrogen (secondary N) is 1. The minimum Gasteiger partial charge on any atom is -0.441 e. The molecule has 8 heteroatoms. The predicted octanol–water partition coefficient (Wildman–Crippen LogP) is 4.18. The van der Waals surface area contributed by atoms with E-state index in [1.807, 2.05) is 30.3 Å². The van der Waals surface area contributed by atoms with Gasteiger partial charge < -0.3 is 19.5 Å². The summed E-state index contributed by atoms with van der Waals surface area (Å²) in [6.45, 7) is 1.90. The zero-order chi connectivity index (χ0) is 22.3. The standard InChI is InChI=1S/C24H25FN4O3/c25-19-9-11-20(12-10-19)27-24(31)29-15-13-28(14-16-29)23(30)8-4-7-22-26-17-21(32-22)18-5-2-1-3-6-18/h1-3,5-6,9-12,17H,4,7-8,13-16H2,(H,27,31). The highest BCUT2D eigenvalue weighted by Crippen LogP contribution is 2.20. The SMILES string of the molecule is O=C(CCCc1ncc(-c2ccccc2)o1)N1CCN(C(=O)Nc2ccc(F)cc2)CC1. The van der Waals surface area contributed by atoms with Crippen LogP contribution >= 0.6 is 0 Å². The number of urea groups is 1. The summed E-state index contributed by atoms with van der Waals surface area (Å²) >= 11 is 0. The third-order valence-electron chi connectivity index (χ3n) is 5.41. The van der Waals surface area contributed by atoms with Crippen LogP contribution in [0.1, 0.15) is 18.7 Å². The Labute approximate surface area is 185 Å². The number of nitrogens with zero attached hydrogens (tertiary/aromatic N) is 3. The van der Waals surface area contributed by atoms with Crippen molar-refractivity contribution in [1.29, 1.82) is 0 Å². The number of carbonyl (C=O) groups excluding carboxylic acids is 2. The summed E-state index contributed by atoms with van der Waals surface area (Å²) < 4.78 is 18.8. The van der Waals surface area contributed by atoms with Crippen molar-refractivity contribution in [3.63, 3.8) is 0 Å². The number of hydrogen-bond donors (Lipinski definition) is 1. The Morgan fingerprint density at radius 3 is 2.38 bits per heavy atom. The van der Waals surface area contributed by atoms with Crippen molar-refractivity contribution in [1.82, 2.24) is 14.8 Å². The van der Waals surface area contributed by atoms with Crippen LogP contribution in [0, 0.1) is 5.82 Å². The highest BCUT2D eigenvalue weighted by molar-refractivity contribution is 5.89. The summed E-state index contributed by atoms with van der Waals surface area (Å²) in [5.41, 5.74) is 1.51. The van der Waals surface area contributed by atoms with E-state index in [-0.39, 0.29) is 17.8 Å². The molecule has 1 N–H and O–H groups in total. The van der Waals surface area contributed by atoms with Gasteiger partial charge in [-0.2, -0.15) is 0 Å². The molecule has 3 amide bonds. The van der Waals surface area contributed by atoms with E-state index in [1.165, 1.54) is 24.3 Å². The monoisotopic (exact) mass is 436 g/mol. The summed E-state index contributed by atoms with van der Waals surface area (Å²) in [4.78, 5) is 32.6. The number of amides is 3. The van der Waals surface area contributed by atoms with Crippen LogP contribution in [-0.4, -0.2) is 52.9 Å². The number of halogens is 1. The molecule has 166 valence electrons. The molecule has 0 radical (unpaired) electrons. The van der Waals surface area contributed by atoms with Gasteiger partial charge in [0.2, 0.25) is 5.91 Å². The zero-order valence-corrected chi connectivity index (χ0v) is 17.7. The van der Waals surface area contributed by atoms with Crippen molar-refractivity contribution >= 4 is 17.6 Å². The molecule has 0 aliphatic carbocycles. The van der Waals surface area contributed by atoms with Gasteiger partial charge in [0.25, 0.3) is 0 Å². The van der Waals surface area contributed by atoms with E-state index in [0.29, 0.717) is 57.0 Å². The Bertz CT molecular complexity index is 1040. The Kier molecular flexibility index (Phi) is 6.79. The molecule has 32 heavy (non-hydrogen) atoms. The fourth-order valence-electron chi connectivity index (χ4n) is 3.61. The molecule has 0 atom stereocenters. The Hall–Kier alpha value is -3.68. The van der Waals surface area contributed by atoms with E-state index in [4.69, 9.17) is 4.42 Å². The molecule has 3 aromatic rings. The molecule has 0 spiro atoms. The number of oxazole rings is 1. The highest BCUT2D eigenvalue weighted by atomic mass is 19.1. The molecule has 0 unspecified atom stereocenters. The maximum atomic E-state index is 13.0. The lowest BCUT2D eigenvalue weighted by atomic mass is 10.2. The van der Waals surface area contributed by atoms with Crippen LogP contribution in [0.25, 0.3) is 11.3 Å². The van der Waals surface area contributed by atoms with Crippen LogP contribution in [0.3, 0.4) is 0 Å². The quantitative estimate of drug-likeness (QED) is 0.629. The van der Waals surface area contributed by atoms with Gasteiger partial charge in [0.1, 0.15) is 5.82 Å². The molecule has 0 saturated carbocycles. The number of benzene rings is 2. The Morgan fingerprint density at radius 1 is 0.969 bits per heavy atom. The van der Waals surface area contributed by atoms with Crippen molar-refractivity contribution in [2.24, 2.45) is 0 Å². The van der Waals surface area contributed by atoms with Gasteiger partial charge in [0.05, 0.1) is 6.20 Å². The van der Waals surface area contributed by atoms with Crippen molar-refractivity contribution < 1.29 is 18.4 Å². The first-order valence-corrected chi connectivity index (χ1v) is 10.7. The van der Waals surface area contributed by atoms with Gasteiger partial charge in [-0.05, 0) is 30.7 Å². The highest BCUT2D eigenvalue weighted by Gasteiger charge is 2.24. The molecular formula is C24H25FN4O3. The van der Waals surface area contributed by atoms with Crippen LogP contribution in [0.4, 0.5) is 14.9 Å². The van der Waals surface area contributed by atoms with Gasteiger partial charge >= 0.3 is 6.03 Å². The lowest BCUT2D eigenvalue weighted by Crippen LogP contribution is -2.51. The molecule has 1 aromatic heterocycles. The van der Waals surface area contributed by atoms with Crippen LogP contribution in [0.5, 0.6) is 0 Å². The summed E-state index contributed by atoms with van der Waals surface area (Å²) in [5, 5.41) is 2.75. The van der Waals surface area contributed by atoms with Crippen LogP contribution in [0.15, 0.2) is 65.2 Å². The van der Waals surface area contributed by atoms with E-state index in [2.05, 4.69) is 10.3 Å². The first kappa shape index (κ1) is 21.5. The second kappa shape index (κ2) is 10.1. The van der Waals surface area contributed by atoms with E-state index in [0.717, 1.165) is 11.3 Å². The van der Waals surface area contributed by atoms with Crippen LogP contribution in [-0.2, 0) is 11.2 Å². The molecule has 2 heterocycles. The molecule has 7 nitrogen and oxygen atoms in total. The molecule has 2 aromatic carbocycles. The summed E-state index contributed by atoms with van der Waals surface area (Å²) in [6.07, 6.45) is 3.37. The first-order valence-electron chi connectivity index (χ1n) is 10.7. The number of aromatic nitrogens is 1. The van der Waals surface area contributed by atoms with E-state index >= 15 is 0 Å². The van der Waals surface area contributed by atoms with Gasteiger partial charge in [-0.3, -0.25) is 4.79 Å². The van der Waals surface area contributed by atoms with Gasteiger partial charge in [-0.25, -0.2) is 14.2 Å². The average molecular weight is 436 g/mol. The maximum absolute atomic E-state index is 13.0. The number of aryl methyl sites for hydroxylation is 1. The van der Waals surface area contributed by atoms with Gasteiger partial charge in [-0.1, -0.05) is 30.3 Å². The van der Waals surface area contributed by atoms with E-state index < -0.39 is 0 Å². The largest absolute Gasteiger partial charge is 0.441 e. The van der Waals surface area contributed by atoms with Crippen molar-refractivity contribution in [3.8, 4) is 11.3 Å². The molecule has 1 aliphatic heterocycles. The smallest absolute Gasteiger partial charge is 0.321 e. The van der Waals surface area contributed by atoms with Gasteiger partial charge in [-0.15, -0.1) is 0 Å². The fraction of sp³-hybridized carbons (Fsp3) is 0.292. The second-order valence-corrected chi connectivity index (χ2v) is 7.64. The third-order valence-corrected chi connectivity index (χ3v) is 5.41. The summed E-state index contributed by atoms with van der Waals surface area (Å²) in [6, 6.07) is 15.2. The molecular weight excluding hydrogens is 411 g/mol. The molecule has 0 bridgehead atoms. The molecule has 1 fully saturated rings. The first-order chi connectivity index (χ1) is 15.6. The van der Waals surface area contributed by atoms with Crippen molar-refractivity contribution in [2.45, 2.75) is 19.3 Å². The number of carbonyl (C=O) groups is 2. The van der Waals surface area contributed by atoms with E-state index in [1.54, 1.807) is 16.0 Å². The number of hydrogen-bond acceptors (Lipinski definition) is 4. The number of rotatable bonds is 6. The normalized spacial score (nSPS) is 13.8. The Morgan fingerprint density at radius 2 is 1.66 bits per heavy atom. The maximum Gasteiger partial charge on any atom is 0.321 e. The zero-order valence-electron chi connectivity index (χ0n) is 17.7. The van der Waals surface area contributed by atoms with Crippen LogP contribution < -0.4 is 5.32 Å². The second-order valence-electron chi connectivity index (χ2n) is 7.64. The number of piperazine rings is 1. The Balaban J connectivity index is 1.18. The summed E-state index contributed by atoms with van der Waals surface area (Å²) in [5.74, 6) is 1.06. The van der Waals surface area contributed by atoms with E-state index in [9.17, 15) is 14.0 Å². The lowest BCUT2D eigenvalue weighted by Gasteiger charge is -2.34. The fourth-order valence-corrected chi connectivity index (χ4v) is 3.61. The molecule has 4 rings (SSSR count).